The third-order valence-electron chi connectivity index (χ3n) is 4.84. The number of amides is 1. The molecular formula is C19H30F2N4O4. The second-order valence-corrected chi connectivity index (χ2v) is 6.84. The Morgan fingerprint density at radius 2 is 2.00 bits per heavy atom. The van der Waals surface area contributed by atoms with Crippen LogP contribution in [0.4, 0.5) is 8.78 Å². The number of hydrogen-bond acceptors (Lipinski definition) is 6. The molecule has 1 aliphatic heterocycles. The second kappa shape index (κ2) is 11.8. The summed E-state index contributed by atoms with van der Waals surface area (Å²) in [5, 5.41) is 6.88. The van der Waals surface area contributed by atoms with Crippen molar-refractivity contribution in [2.45, 2.75) is 46.2 Å². The van der Waals surface area contributed by atoms with Gasteiger partial charge in [0.15, 0.2) is 0 Å². The van der Waals surface area contributed by atoms with Crippen LogP contribution in [0.2, 0.25) is 0 Å². The fraction of sp³-hybridized carbons (Fsp3) is 0.737. The van der Waals surface area contributed by atoms with Crippen LogP contribution in [-0.4, -0.2) is 66.0 Å². The van der Waals surface area contributed by atoms with Gasteiger partial charge >= 0.3 is 5.97 Å². The minimum absolute atomic E-state index is 0.0260. The van der Waals surface area contributed by atoms with Gasteiger partial charge in [0.2, 0.25) is 5.91 Å². The zero-order valence-electron chi connectivity index (χ0n) is 17.0. The number of rotatable bonds is 11. The number of esters is 1. The number of piperidine rings is 1. The number of ether oxygens (including phenoxy) is 2. The molecule has 1 saturated heterocycles. The van der Waals surface area contributed by atoms with Gasteiger partial charge in [-0.1, -0.05) is 0 Å². The highest BCUT2D eigenvalue weighted by Gasteiger charge is 2.29. The van der Waals surface area contributed by atoms with Crippen LogP contribution < -0.4 is 5.32 Å². The van der Waals surface area contributed by atoms with Crippen LogP contribution in [0.3, 0.4) is 0 Å². The lowest BCUT2D eigenvalue weighted by atomic mass is 9.96. The van der Waals surface area contributed by atoms with Crippen molar-refractivity contribution in [3.63, 3.8) is 0 Å². The molecule has 2 heterocycles. The summed E-state index contributed by atoms with van der Waals surface area (Å²) in [5.74, 6) is -0.854. The Morgan fingerprint density at radius 3 is 2.62 bits per heavy atom. The van der Waals surface area contributed by atoms with E-state index in [9.17, 15) is 18.4 Å². The Hall–Kier alpha value is -2.07. The summed E-state index contributed by atoms with van der Waals surface area (Å²) in [4.78, 5) is 26.1. The van der Waals surface area contributed by atoms with Gasteiger partial charge in [-0.05, 0) is 33.1 Å². The van der Waals surface area contributed by atoms with Crippen LogP contribution >= 0.6 is 0 Å². The molecule has 1 aromatic rings. The van der Waals surface area contributed by atoms with Crippen LogP contribution in [0.1, 0.15) is 55.6 Å². The highest BCUT2D eigenvalue weighted by Crippen LogP contribution is 2.25. The van der Waals surface area contributed by atoms with Gasteiger partial charge in [0.05, 0.1) is 19.5 Å². The molecule has 0 radical (unpaired) electrons. The highest BCUT2D eigenvalue weighted by atomic mass is 19.3. The van der Waals surface area contributed by atoms with Crippen molar-refractivity contribution in [1.29, 1.82) is 0 Å². The van der Waals surface area contributed by atoms with Crippen molar-refractivity contribution < 1.29 is 27.8 Å². The number of aromatic nitrogens is 2. The zero-order valence-corrected chi connectivity index (χ0v) is 17.0. The lowest BCUT2D eigenvalue weighted by molar-refractivity contribution is -0.126. The molecule has 0 aliphatic carbocycles. The molecule has 2 rings (SSSR count). The Kier molecular flexibility index (Phi) is 9.46. The van der Waals surface area contributed by atoms with E-state index >= 15 is 0 Å². The molecule has 0 spiro atoms. The summed E-state index contributed by atoms with van der Waals surface area (Å²) in [5.41, 5.74) is -0.638. The van der Waals surface area contributed by atoms with E-state index in [0.29, 0.717) is 45.7 Å². The first-order chi connectivity index (χ1) is 14.0. The average molecular weight is 416 g/mol. The van der Waals surface area contributed by atoms with Gasteiger partial charge in [0.1, 0.15) is 11.3 Å². The quantitative estimate of drug-likeness (QED) is 0.440. The average Bonchev–Trinajstić information content (AvgIpc) is 3.12. The molecule has 10 heteroatoms. The number of hydrogen-bond donors (Lipinski definition) is 1. The lowest BCUT2D eigenvalue weighted by Gasteiger charge is -2.31. The van der Waals surface area contributed by atoms with Crippen LogP contribution in [-0.2, 0) is 20.9 Å². The van der Waals surface area contributed by atoms with E-state index in [4.69, 9.17) is 9.47 Å². The number of nitrogens with zero attached hydrogens (tertiary/aromatic N) is 3. The van der Waals surface area contributed by atoms with Gasteiger partial charge in [-0.25, -0.2) is 18.3 Å². The summed E-state index contributed by atoms with van der Waals surface area (Å²) in [6, 6.07) is 0. The van der Waals surface area contributed by atoms with Gasteiger partial charge in [0.25, 0.3) is 6.43 Å². The largest absolute Gasteiger partial charge is 0.462 e. The van der Waals surface area contributed by atoms with Crippen LogP contribution in [0.5, 0.6) is 0 Å². The number of carbonyl (C=O) groups is 2. The fourth-order valence-electron chi connectivity index (χ4n) is 3.30. The Bertz CT molecular complexity index is 661. The maximum atomic E-state index is 13.5. The lowest BCUT2D eigenvalue weighted by Crippen LogP contribution is -2.41. The standard InChI is InChI=1S/C19H30F2N4O4/c1-3-28-11-5-8-22-18(26)14-6-9-24(10-7-14)13-25-16(17(20)21)15(12-23-25)19(27)29-4-2/h12,14,17H,3-11,13H2,1-2H3,(H,22,26). The summed E-state index contributed by atoms with van der Waals surface area (Å²) in [6.07, 6.45) is 0.358. The van der Waals surface area contributed by atoms with Crippen molar-refractivity contribution in [3.05, 3.63) is 17.5 Å². The minimum atomic E-state index is -2.84. The highest BCUT2D eigenvalue weighted by molar-refractivity contribution is 5.90. The summed E-state index contributed by atoms with van der Waals surface area (Å²) in [6.45, 7) is 6.84. The number of halogens is 2. The van der Waals surface area contributed by atoms with Crippen molar-refractivity contribution in [2.75, 3.05) is 39.5 Å². The molecule has 1 amide bonds. The van der Waals surface area contributed by atoms with E-state index in [2.05, 4.69) is 10.4 Å². The predicted molar refractivity (Wildman–Crippen MR) is 102 cm³/mol. The van der Waals surface area contributed by atoms with Crippen LogP contribution in [0.25, 0.3) is 0 Å². The van der Waals surface area contributed by atoms with E-state index in [1.165, 1.54) is 0 Å². The second-order valence-electron chi connectivity index (χ2n) is 6.84. The first-order valence-electron chi connectivity index (χ1n) is 10.1. The molecule has 0 bridgehead atoms. The third kappa shape index (κ3) is 6.74. The molecular weight excluding hydrogens is 386 g/mol. The number of alkyl halides is 2. The number of nitrogens with one attached hydrogen (secondary N) is 1. The Morgan fingerprint density at radius 1 is 1.28 bits per heavy atom. The Labute approximate surface area is 169 Å². The predicted octanol–water partition coefficient (Wildman–Crippen LogP) is 2.21. The third-order valence-corrected chi connectivity index (χ3v) is 4.84. The van der Waals surface area contributed by atoms with Crippen molar-refractivity contribution in [3.8, 4) is 0 Å². The molecule has 0 atom stereocenters. The van der Waals surface area contributed by atoms with Crippen molar-refractivity contribution in [2.24, 2.45) is 5.92 Å². The van der Waals surface area contributed by atoms with E-state index < -0.39 is 18.1 Å². The van der Waals surface area contributed by atoms with Gasteiger partial charge in [-0.3, -0.25) is 9.69 Å². The van der Waals surface area contributed by atoms with Crippen LogP contribution in [0.15, 0.2) is 6.20 Å². The van der Waals surface area contributed by atoms with Crippen molar-refractivity contribution in [1.82, 2.24) is 20.0 Å². The monoisotopic (exact) mass is 416 g/mol. The van der Waals surface area contributed by atoms with Gasteiger partial charge in [-0.2, -0.15) is 5.10 Å². The maximum Gasteiger partial charge on any atom is 0.341 e. The number of likely N-dealkylation sites (tertiary alicyclic amines) is 1. The SMILES string of the molecule is CCOCCCNC(=O)C1CCN(Cn2ncc(C(=O)OCC)c2C(F)F)CC1. The van der Waals surface area contributed by atoms with Crippen LogP contribution in [0, 0.1) is 5.92 Å². The molecule has 0 aromatic carbocycles. The fourth-order valence-corrected chi connectivity index (χ4v) is 3.30. The van der Waals surface area contributed by atoms with Crippen molar-refractivity contribution >= 4 is 11.9 Å². The summed E-state index contributed by atoms with van der Waals surface area (Å²) in [7, 11) is 0. The number of carbonyl (C=O) groups excluding carboxylic acids is 2. The molecule has 1 fully saturated rings. The molecule has 0 saturated carbocycles. The normalized spacial score (nSPS) is 15.6. The molecule has 29 heavy (non-hydrogen) atoms. The molecule has 1 aromatic heterocycles. The molecule has 1 N–H and O–H groups in total. The van der Waals surface area contributed by atoms with Gasteiger partial charge < -0.3 is 14.8 Å². The first-order valence-corrected chi connectivity index (χ1v) is 10.1. The van der Waals surface area contributed by atoms with E-state index in [1.807, 2.05) is 11.8 Å². The molecule has 1 aliphatic rings. The maximum absolute atomic E-state index is 13.5. The minimum Gasteiger partial charge on any atom is -0.462 e. The van der Waals surface area contributed by atoms with Gasteiger partial charge in [0, 0.05) is 38.8 Å². The topological polar surface area (TPSA) is 85.7 Å². The molecule has 164 valence electrons. The smallest absolute Gasteiger partial charge is 0.341 e. The zero-order chi connectivity index (χ0) is 21.2. The summed E-state index contributed by atoms with van der Waals surface area (Å²) < 4.78 is 38.2. The van der Waals surface area contributed by atoms with E-state index in [0.717, 1.165) is 17.3 Å². The van der Waals surface area contributed by atoms with E-state index in [1.54, 1.807) is 6.92 Å². The molecule has 8 nitrogen and oxygen atoms in total. The van der Waals surface area contributed by atoms with Gasteiger partial charge in [-0.15, -0.1) is 0 Å². The Balaban J connectivity index is 1.85. The summed E-state index contributed by atoms with van der Waals surface area (Å²) >= 11 is 0. The van der Waals surface area contributed by atoms with E-state index in [-0.39, 0.29) is 30.7 Å². The molecule has 0 unspecified atom stereocenters. The first kappa shape index (κ1) is 23.2.